The van der Waals surface area contributed by atoms with E-state index in [-0.39, 0.29) is 12.1 Å². The summed E-state index contributed by atoms with van der Waals surface area (Å²) in [4.78, 5) is 11.0. The average Bonchev–Trinajstić information content (AvgIpc) is 2.25. The van der Waals surface area contributed by atoms with Gasteiger partial charge in [-0.2, -0.15) is 5.26 Å². The van der Waals surface area contributed by atoms with Gasteiger partial charge in [0.1, 0.15) is 0 Å². The molecule has 0 aliphatic carbocycles. The number of ether oxygens (including phenoxy) is 1. The molecule has 0 aliphatic rings. The molecule has 0 bridgehead atoms. The summed E-state index contributed by atoms with van der Waals surface area (Å²) in [7, 11) is 1.36. The van der Waals surface area contributed by atoms with Gasteiger partial charge in [0.05, 0.1) is 13.2 Å². The molecular formula is C11H20N2O2. The lowest BCUT2D eigenvalue weighted by Crippen LogP contribution is -2.34. The zero-order chi connectivity index (χ0) is 11.5. The maximum Gasteiger partial charge on any atom is 0.407 e. The van der Waals surface area contributed by atoms with Crippen LogP contribution < -0.4 is 5.32 Å². The van der Waals surface area contributed by atoms with Gasteiger partial charge in [-0.15, -0.1) is 0 Å². The monoisotopic (exact) mass is 212 g/mol. The van der Waals surface area contributed by atoms with Gasteiger partial charge in [-0.25, -0.2) is 4.79 Å². The maximum atomic E-state index is 11.0. The first-order valence-electron chi connectivity index (χ1n) is 5.46. The van der Waals surface area contributed by atoms with Crippen LogP contribution in [-0.4, -0.2) is 19.2 Å². The number of methoxy groups -OCH3 is 1. The summed E-state index contributed by atoms with van der Waals surface area (Å²) < 4.78 is 4.55. The molecule has 1 unspecified atom stereocenters. The Morgan fingerprint density at radius 1 is 1.47 bits per heavy atom. The summed E-state index contributed by atoms with van der Waals surface area (Å²) in [5.41, 5.74) is 0. The second kappa shape index (κ2) is 9.32. The highest BCUT2D eigenvalue weighted by Gasteiger charge is 2.11. The van der Waals surface area contributed by atoms with Crippen molar-refractivity contribution in [3.63, 3.8) is 0 Å². The van der Waals surface area contributed by atoms with Crippen molar-refractivity contribution in [2.75, 3.05) is 7.11 Å². The zero-order valence-corrected chi connectivity index (χ0v) is 9.58. The fourth-order valence-electron chi connectivity index (χ4n) is 1.39. The van der Waals surface area contributed by atoms with E-state index in [2.05, 4.69) is 23.0 Å². The number of nitrogens with zero attached hydrogens (tertiary/aromatic N) is 1. The Hall–Kier alpha value is -1.24. The van der Waals surface area contributed by atoms with Crippen LogP contribution in [0.5, 0.6) is 0 Å². The number of alkyl carbamates (subject to hydrolysis) is 1. The summed E-state index contributed by atoms with van der Waals surface area (Å²) in [6.07, 6.45) is 4.99. The summed E-state index contributed by atoms with van der Waals surface area (Å²) in [5.74, 6) is 0. The molecule has 0 aliphatic heterocycles. The normalized spacial score (nSPS) is 11.5. The molecule has 0 fully saturated rings. The van der Waals surface area contributed by atoms with Crippen LogP contribution in [0.3, 0.4) is 0 Å². The third-order valence-corrected chi connectivity index (χ3v) is 2.25. The SMILES string of the molecule is CCCCC(CCCC#N)NC(=O)OC. The van der Waals surface area contributed by atoms with E-state index in [9.17, 15) is 4.79 Å². The van der Waals surface area contributed by atoms with Crippen molar-refractivity contribution in [2.24, 2.45) is 0 Å². The summed E-state index contributed by atoms with van der Waals surface area (Å²) in [6, 6.07) is 2.25. The Bertz CT molecular complexity index is 211. The molecule has 0 rings (SSSR count). The number of nitrogens with one attached hydrogen (secondary N) is 1. The molecule has 0 saturated carbocycles. The molecule has 1 amide bonds. The highest BCUT2D eigenvalue weighted by Crippen LogP contribution is 2.08. The van der Waals surface area contributed by atoms with Crippen LogP contribution >= 0.6 is 0 Å². The van der Waals surface area contributed by atoms with Gasteiger partial charge in [-0.3, -0.25) is 0 Å². The second-order valence-corrected chi connectivity index (χ2v) is 3.53. The van der Waals surface area contributed by atoms with Crippen molar-refractivity contribution < 1.29 is 9.53 Å². The highest BCUT2D eigenvalue weighted by atomic mass is 16.5. The zero-order valence-electron chi connectivity index (χ0n) is 9.58. The molecule has 86 valence electrons. The Labute approximate surface area is 91.6 Å². The van der Waals surface area contributed by atoms with Crippen LogP contribution in [0.4, 0.5) is 4.79 Å². The lowest BCUT2D eigenvalue weighted by atomic mass is 10.0. The second-order valence-electron chi connectivity index (χ2n) is 3.53. The van der Waals surface area contributed by atoms with Gasteiger partial charge in [-0.05, 0) is 19.3 Å². The van der Waals surface area contributed by atoms with Crippen LogP contribution in [0.15, 0.2) is 0 Å². The standard InChI is InChI=1S/C11H20N2O2/c1-3-4-7-10(8-5-6-9-12)13-11(14)15-2/h10H,3-8H2,1-2H3,(H,13,14). The van der Waals surface area contributed by atoms with Gasteiger partial charge < -0.3 is 10.1 Å². The number of nitriles is 1. The molecule has 0 heterocycles. The number of amides is 1. The van der Waals surface area contributed by atoms with Crippen molar-refractivity contribution in [1.29, 1.82) is 5.26 Å². The van der Waals surface area contributed by atoms with Gasteiger partial charge in [0.2, 0.25) is 0 Å². The molecule has 0 saturated heterocycles. The number of hydrogen-bond acceptors (Lipinski definition) is 3. The third kappa shape index (κ3) is 7.80. The smallest absolute Gasteiger partial charge is 0.407 e. The third-order valence-electron chi connectivity index (χ3n) is 2.25. The maximum absolute atomic E-state index is 11.0. The minimum absolute atomic E-state index is 0.144. The molecule has 15 heavy (non-hydrogen) atoms. The molecule has 1 N–H and O–H groups in total. The molecule has 0 spiro atoms. The number of rotatable bonds is 7. The number of carbonyl (C=O) groups excluding carboxylic acids is 1. The number of unbranched alkanes of at least 4 members (excludes halogenated alkanes) is 2. The Balaban J connectivity index is 3.84. The van der Waals surface area contributed by atoms with Crippen molar-refractivity contribution in [2.45, 2.75) is 51.5 Å². The summed E-state index contributed by atoms with van der Waals surface area (Å²) >= 11 is 0. The first-order valence-corrected chi connectivity index (χ1v) is 5.46. The van der Waals surface area contributed by atoms with Crippen LogP contribution in [0.1, 0.15) is 45.4 Å². The first kappa shape index (κ1) is 13.8. The minimum Gasteiger partial charge on any atom is -0.453 e. The van der Waals surface area contributed by atoms with E-state index in [4.69, 9.17) is 5.26 Å². The molecule has 4 nitrogen and oxygen atoms in total. The van der Waals surface area contributed by atoms with Crippen molar-refractivity contribution >= 4 is 6.09 Å². The number of hydrogen-bond donors (Lipinski definition) is 1. The van der Waals surface area contributed by atoms with Gasteiger partial charge in [-0.1, -0.05) is 19.8 Å². The topological polar surface area (TPSA) is 62.1 Å². The fourth-order valence-corrected chi connectivity index (χ4v) is 1.39. The van der Waals surface area contributed by atoms with Gasteiger partial charge in [0.15, 0.2) is 0 Å². The quantitative estimate of drug-likeness (QED) is 0.660. The van der Waals surface area contributed by atoms with Crippen LogP contribution in [-0.2, 0) is 4.74 Å². The first-order chi connectivity index (χ1) is 7.24. The van der Waals surface area contributed by atoms with E-state index in [1.54, 1.807) is 0 Å². The average molecular weight is 212 g/mol. The van der Waals surface area contributed by atoms with Gasteiger partial charge in [0, 0.05) is 12.5 Å². The lowest BCUT2D eigenvalue weighted by Gasteiger charge is -2.16. The fraction of sp³-hybridized carbons (Fsp3) is 0.818. The van der Waals surface area contributed by atoms with E-state index >= 15 is 0 Å². The molecule has 1 atom stereocenters. The van der Waals surface area contributed by atoms with Crippen LogP contribution in [0.25, 0.3) is 0 Å². The van der Waals surface area contributed by atoms with Crippen molar-refractivity contribution in [1.82, 2.24) is 5.32 Å². The highest BCUT2D eigenvalue weighted by molar-refractivity contribution is 5.67. The molecule has 0 aromatic heterocycles. The minimum atomic E-state index is -0.381. The lowest BCUT2D eigenvalue weighted by molar-refractivity contribution is 0.165. The molecular weight excluding hydrogens is 192 g/mol. The molecule has 0 aromatic carbocycles. The Kier molecular flexibility index (Phi) is 8.55. The largest absolute Gasteiger partial charge is 0.453 e. The van der Waals surface area contributed by atoms with E-state index < -0.39 is 0 Å². The predicted molar refractivity (Wildman–Crippen MR) is 58.3 cm³/mol. The van der Waals surface area contributed by atoms with E-state index in [1.807, 2.05) is 0 Å². The Morgan fingerprint density at radius 3 is 2.67 bits per heavy atom. The van der Waals surface area contributed by atoms with Crippen LogP contribution in [0.2, 0.25) is 0 Å². The van der Waals surface area contributed by atoms with E-state index in [0.717, 1.165) is 32.1 Å². The van der Waals surface area contributed by atoms with E-state index in [0.29, 0.717) is 6.42 Å². The van der Waals surface area contributed by atoms with Crippen molar-refractivity contribution in [3.8, 4) is 6.07 Å². The van der Waals surface area contributed by atoms with Crippen LogP contribution in [0, 0.1) is 11.3 Å². The van der Waals surface area contributed by atoms with E-state index in [1.165, 1.54) is 7.11 Å². The van der Waals surface area contributed by atoms with Gasteiger partial charge in [0.25, 0.3) is 0 Å². The Morgan fingerprint density at radius 2 is 2.13 bits per heavy atom. The van der Waals surface area contributed by atoms with Crippen molar-refractivity contribution in [3.05, 3.63) is 0 Å². The molecule has 4 heteroatoms. The summed E-state index contributed by atoms with van der Waals surface area (Å²) in [6.45, 7) is 2.12. The molecule has 0 aromatic rings. The molecule has 0 radical (unpaired) electrons. The predicted octanol–water partition coefficient (Wildman–Crippen LogP) is 2.60. The summed E-state index contributed by atoms with van der Waals surface area (Å²) in [5, 5.41) is 11.2. The number of carbonyl (C=O) groups is 1. The van der Waals surface area contributed by atoms with Gasteiger partial charge >= 0.3 is 6.09 Å².